The number of nitrogens with one attached hydrogen (secondary N) is 1. The Hall–Kier alpha value is -1.59. The standard InChI is InChI=1S/C15H28N6/c1-6-16-13-17-14(20(5)10-12-9-11(12)4)19-15(18-13)21(7-2)8-3/h11-12H,6-10H2,1-5H3,(H,16,17,18,19). The quantitative estimate of drug-likeness (QED) is 0.793. The average Bonchev–Trinajstić information content (AvgIpc) is 3.15. The van der Waals surface area contributed by atoms with Gasteiger partial charge in [0.05, 0.1) is 0 Å². The third-order valence-electron chi connectivity index (χ3n) is 4.12. The third kappa shape index (κ3) is 3.95. The molecule has 1 fully saturated rings. The molecule has 0 spiro atoms. The minimum atomic E-state index is 0.667. The second-order valence-corrected chi connectivity index (χ2v) is 5.82. The van der Waals surface area contributed by atoms with Crippen molar-refractivity contribution in [3.8, 4) is 0 Å². The molecule has 1 heterocycles. The van der Waals surface area contributed by atoms with E-state index < -0.39 is 0 Å². The summed E-state index contributed by atoms with van der Waals surface area (Å²) >= 11 is 0. The van der Waals surface area contributed by atoms with Gasteiger partial charge in [-0.15, -0.1) is 0 Å². The molecule has 21 heavy (non-hydrogen) atoms. The van der Waals surface area contributed by atoms with Crippen LogP contribution in [-0.2, 0) is 0 Å². The average molecular weight is 292 g/mol. The molecular formula is C15H28N6. The fourth-order valence-electron chi connectivity index (χ4n) is 2.50. The minimum absolute atomic E-state index is 0.667. The van der Waals surface area contributed by atoms with Gasteiger partial charge < -0.3 is 15.1 Å². The van der Waals surface area contributed by atoms with Crippen molar-refractivity contribution in [1.82, 2.24) is 15.0 Å². The molecule has 0 aliphatic heterocycles. The molecule has 6 heteroatoms. The zero-order valence-corrected chi connectivity index (χ0v) is 13.9. The second-order valence-electron chi connectivity index (χ2n) is 5.82. The smallest absolute Gasteiger partial charge is 0.231 e. The molecule has 1 N–H and O–H groups in total. The summed E-state index contributed by atoms with van der Waals surface area (Å²) in [6, 6.07) is 0. The summed E-state index contributed by atoms with van der Waals surface area (Å²) < 4.78 is 0. The lowest BCUT2D eigenvalue weighted by molar-refractivity contribution is 0.706. The van der Waals surface area contributed by atoms with E-state index in [9.17, 15) is 0 Å². The van der Waals surface area contributed by atoms with Crippen LogP contribution in [0.3, 0.4) is 0 Å². The van der Waals surface area contributed by atoms with E-state index in [4.69, 9.17) is 0 Å². The zero-order valence-electron chi connectivity index (χ0n) is 13.9. The van der Waals surface area contributed by atoms with Gasteiger partial charge in [-0.1, -0.05) is 6.92 Å². The summed E-state index contributed by atoms with van der Waals surface area (Å²) in [4.78, 5) is 18.0. The van der Waals surface area contributed by atoms with Crippen LogP contribution in [0, 0.1) is 11.8 Å². The van der Waals surface area contributed by atoms with E-state index in [1.165, 1.54) is 6.42 Å². The van der Waals surface area contributed by atoms with E-state index in [1.807, 2.05) is 0 Å². The Balaban J connectivity index is 2.21. The van der Waals surface area contributed by atoms with Gasteiger partial charge in [0, 0.05) is 33.2 Å². The number of hydrogen-bond donors (Lipinski definition) is 1. The van der Waals surface area contributed by atoms with Crippen LogP contribution in [0.5, 0.6) is 0 Å². The first-order chi connectivity index (χ1) is 10.1. The first kappa shape index (κ1) is 15.8. The molecule has 1 aliphatic rings. The van der Waals surface area contributed by atoms with Crippen molar-refractivity contribution in [3.05, 3.63) is 0 Å². The molecular weight excluding hydrogens is 264 g/mol. The van der Waals surface area contributed by atoms with Crippen molar-refractivity contribution >= 4 is 17.8 Å². The van der Waals surface area contributed by atoms with Crippen molar-refractivity contribution in [2.75, 3.05) is 48.3 Å². The third-order valence-corrected chi connectivity index (χ3v) is 4.12. The Morgan fingerprint density at radius 2 is 1.71 bits per heavy atom. The predicted molar refractivity (Wildman–Crippen MR) is 88.1 cm³/mol. The van der Waals surface area contributed by atoms with Crippen LogP contribution in [0.1, 0.15) is 34.1 Å². The molecule has 0 saturated heterocycles. The van der Waals surface area contributed by atoms with Crippen LogP contribution >= 0.6 is 0 Å². The van der Waals surface area contributed by atoms with Crippen LogP contribution in [0.25, 0.3) is 0 Å². The van der Waals surface area contributed by atoms with Gasteiger partial charge in [0.1, 0.15) is 0 Å². The summed E-state index contributed by atoms with van der Waals surface area (Å²) in [7, 11) is 2.07. The summed E-state index contributed by atoms with van der Waals surface area (Å²) in [5, 5.41) is 3.21. The molecule has 1 saturated carbocycles. The molecule has 1 aliphatic carbocycles. The largest absolute Gasteiger partial charge is 0.354 e. The summed E-state index contributed by atoms with van der Waals surface area (Å²) in [6.07, 6.45) is 1.32. The van der Waals surface area contributed by atoms with Gasteiger partial charge in [-0.2, -0.15) is 15.0 Å². The fourth-order valence-corrected chi connectivity index (χ4v) is 2.50. The first-order valence-corrected chi connectivity index (χ1v) is 8.05. The molecule has 2 atom stereocenters. The molecule has 1 aromatic rings. The predicted octanol–water partition coefficient (Wildman–Crippen LogP) is 2.24. The Morgan fingerprint density at radius 1 is 1.10 bits per heavy atom. The highest BCUT2D eigenvalue weighted by Crippen LogP contribution is 2.38. The lowest BCUT2D eigenvalue weighted by atomic mass is 10.3. The van der Waals surface area contributed by atoms with Gasteiger partial charge in [0.2, 0.25) is 17.8 Å². The molecule has 0 bridgehead atoms. The van der Waals surface area contributed by atoms with Gasteiger partial charge in [-0.3, -0.25) is 0 Å². The van der Waals surface area contributed by atoms with Gasteiger partial charge in [-0.05, 0) is 39.0 Å². The van der Waals surface area contributed by atoms with Gasteiger partial charge in [0.25, 0.3) is 0 Å². The summed E-state index contributed by atoms with van der Waals surface area (Å²) in [5.74, 6) is 3.81. The normalized spacial score (nSPS) is 20.2. The van der Waals surface area contributed by atoms with Crippen LogP contribution in [0.15, 0.2) is 0 Å². The number of hydrogen-bond acceptors (Lipinski definition) is 6. The topological polar surface area (TPSA) is 57.2 Å². The molecule has 1 aromatic heterocycles. The maximum absolute atomic E-state index is 4.65. The molecule has 6 nitrogen and oxygen atoms in total. The Labute approximate surface area is 128 Å². The maximum Gasteiger partial charge on any atom is 0.231 e. The van der Waals surface area contributed by atoms with E-state index in [2.05, 4.69) is 64.8 Å². The van der Waals surface area contributed by atoms with E-state index in [-0.39, 0.29) is 0 Å². The van der Waals surface area contributed by atoms with Crippen molar-refractivity contribution in [1.29, 1.82) is 0 Å². The van der Waals surface area contributed by atoms with Crippen LogP contribution in [0.4, 0.5) is 17.8 Å². The SMILES string of the molecule is CCNc1nc(N(C)CC2CC2C)nc(N(CC)CC)n1. The number of anilines is 3. The highest BCUT2D eigenvalue weighted by molar-refractivity contribution is 5.45. The molecule has 118 valence electrons. The van der Waals surface area contributed by atoms with Crippen LogP contribution < -0.4 is 15.1 Å². The van der Waals surface area contributed by atoms with E-state index in [0.717, 1.165) is 49.9 Å². The van der Waals surface area contributed by atoms with E-state index >= 15 is 0 Å². The molecule has 0 amide bonds. The Bertz CT molecular complexity index is 459. The summed E-state index contributed by atoms with van der Waals surface area (Å²) in [6.45, 7) is 12.2. The van der Waals surface area contributed by atoms with Crippen molar-refractivity contribution < 1.29 is 0 Å². The lowest BCUT2D eigenvalue weighted by Gasteiger charge is -2.22. The first-order valence-electron chi connectivity index (χ1n) is 8.05. The Kier molecular flexibility index (Phi) is 5.20. The van der Waals surface area contributed by atoms with Crippen molar-refractivity contribution in [2.24, 2.45) is 11.8 Å². The fraction of sp³-hybridized carbons (Fsp3) is 0.800. The lowest BCUT2D eigenvalue weighted by Crippen LogP contribution is -2.28. The van der Waals surface area contributed by atoms with E-state index in [1.54, 1.807) is 0 Å². The molecule has 0 radical (unpaired) electrons. The molecule has 2 rings (SSSR count). The van der Waals surface area contributed by atoms with Crippen LogP contribution in [-0.4, -0.2) is 48.2 Å². The number of rotatable bonds is 8. The monoisotopic (exact) mass is 292 g/mol. The van der Waals surface area contributed by atoms with Crippen molar-refractivity contribution in [2.45, 2.75) is 34.1 Å². The number of aromatic nitrogens is 3. The van der Waals surface area contributed by atoms with Crippen LogP contribution in [0.2, 0.25) is 0 Å². The van der Waals surface area contributed by atoms with Gasteiger partial charge >= 0.3 is 0 Å². The van der Waals surface area contributed by atoms with E-state index in [0.29, 0.717) is 5.95 Å². The van der Waals surface area contributed by atoms with Crippen molar-refractivity contribution in [3.63, 3.8) is 0 Å². The van der Waals surface area contributed by atoms with Gasteiger partial charge in [0.15, 0.2) is 0 Å². The summed E-state index contributed by atoms with van der Waals surface area (Å²) in [5.41, 5.74) is 0. The highest BCUT2D eigenvalue weighted by atomic mass is 15.4. The molecule has 2 unspecified atom stereocenters. The zero-order chi connectivity index (χ0) is 15.4. The Morgan fingerprint density at radius 3 is 2.24 bits per heavy atom. The molecule has 0 aromatic carbocycles. The minimum Gasteiger partial charge on any atom is -0.354 e. The van der Waals surface area contributed by atoms with Gasteiger partial charge in [-0.25, -0.2) is 0 Å². The second kappa shape index (κ2) is 6.91. The number of nitrogens with zero attached hydrogens (tertiary/aromatic N) is 5. The maximum atomic E-state index is 4.65. The highest BCUT2D eigenvalue weighted by Gasteiger charge is 2.33.